The first kappa shape index (κ1) is 17.1. The molecule has 1 aliphatic heterocycles. The van der Waals surface area contributed by atoms with Crippen LogP contribution in [0.2, 0.25) is 0 Å². The Labute approximate surface area is 133 Å². The van der Waals surface area contributed by atoms with Crippen molar-refractivity contribution in [3.63, 3.8) is 0 Å². The molecule has 7 heteroatoms. The van der Waals surface area contributed by atoms with Gasteiger partial charge in [0.2, 0.25) is 5.91 Å². The molecule has 0 radical (unpaired) electrons. The van der Waals surface area contributed by atoms with Gasteiger partial charge in [-0.3, -0.25) is 9.59 Å². The molecule has 2 amide bonds. The van der Waals surface area contributed by atoms with E-state index in [1.54, 1.807) is 0 Å². The molecule has 6 nitrogen and oxygen atoms in total. The quantitative estimate of drug-likeness (QED) is 0.814. The summed E-state index contributed by atoms with van der Waals surface area (Å²) in [4.78, 5) is 23.8. The van der Waals surface area contributed by atoms with Gasteiger partial charge in [-0.15, -0.1) is 0 Å². The topological polar surface area (TPSA) is 76.7 Å². The van der Waals surface area contributed by atoms with Crippen LogP contribution < -0.4 is 10.6 Å². The minimum absolute atomic E-state index is 0.0425. The second-order valence-electron chi connectivity index (χ2n) is 5.20. The third-order valence-electron chi connectivity index (χ3n) is 3.68. The van der Waals surface area contributed by atoms with Crippen molar-refractivity contribution in [3.8, 4) is 0 Å². The lowest BCUT2D eigenvalue weighted by molar-refractivity contribution is -0.154. The maximum atomic E-state index is 13.7. The van der Waals surface area contributed by atoms with Crippen LogP contribution in [-0.2, 0) is 19.1 Å². The Morgan fingerprint density at radius 2 is 2.22 bits per heavy atom. The van der Waals surface area contributed by atoms with Crippen molar-refractivity contribution in [3.05, 3.63) is 36.7 Å². The highest BCUT2D eigenvalue weighted by Crippen LogP contribution is 2.26. The van der Waals surface area contributed by atoms with Crippen molar-refractivity contribution in [1.29, 1.82) is 0 Å². The lowest BCUT2D eigenvalue weighted by Gasteiger charge is -2.34. The zero-order valence-corrected chi connectivity index (χ0v) is 12.9. The van der Waals surface area contributed by atoms with E-state index in [2.05, 4.69) is 17.2 Å². The SMILES string of the molecule is C=CC(=O)Nc1cc(NC(=O)C2(OC)CCCOC2)ccc1F. The van der Waals surface area contributed by atoms with Gasteiger partial charge in [0.15, 0.2) is 5.60 Å². The van der Waals surface area contributed by atoms with Gasteiger partial charge in [0, 0.05) is 19.4 Å². The molecule has 1 aliphatic rings. The number of anilines is 2. The molecule has 124 valence electrons. The number of halogens is 1. The predicted molar refractivity (Wildman–Crippen MR) is 83.6 cm³/mol. The van der Waals surface area contributed by atoms with E-state index < -0.39 is 17.3 Å². The summed E-state index contributed by atoms with van der Waals surface area (Å²) < 4.78 is 24.4. The van der Waals surface area contributed by atoms with E-state index in [1.165, 1.54) is 19.2 Å². The van der Waals surface area contributed by atoms with E-state index in [1.807, 2.05) is 0 Å². The third kappa shape index (κ3) is 3.94. The van der Waals surface area contributed by atoms with Crippen molar-refractivity contribution < 1.29 is 23.5 Å². The third-order valence-corrected chi connectivity index (χ3v) is 3.68. The second-order valence-corrected chi connectivity index (χ2v) is 5.20. The number of methoxy groups -OCH3 is 1. The van der Waals surface area contributed by atoms with E-state index >= 15 is 0 Å². The first-order valence-corrected chi connectivity index (χ1v) is 7.18. The van der Waals surface area contributed by atoms with E-state index in [0.29, 0.717) is 25.1 Å². The number of carbonyl (C=O) groups excluding carboxylic acids is 2. The average Bonchev–Trinajstić information content (AvgIpc) is 2.58. The van der Waals surface area contributed by atoms with Crippen molar-refractivity contribution in [2.45, 2.75) is 18.4 Å². The number of rotatable bonds is 5. The Morgan fingerprint density at radius 3 is 2.83 bits per heavy atom. The average molecular weight is 322 g/mol. The lowest BCUT2D eigenvalue weighted by atomic mass is 9.95. The van der Waals surface area contributed by atoms with E-state index in [9.17, 15) is 14.0 Å². The van der Waals surface area contributed by atoms with Crippen molar-refractivity contribution in [1.82, 2.24) is 0 Å². The second kappa shape index (κ2) is 7.34. The van der Waals surface area contributed by atoms with Crippen LogP contribution in [0.25, 0.3) is 0 Å². The van der Waals surface area contributed by atoms with Gasteiger partial charge >= 0.3 is 0 Å². The van der Waals surface area contributed by atoms with Crippen molar-refractivity contribution in [2.24, 2.45) is 0 Å². The van der Waals surface area contributed by atoms with E-state index in [-0.39, 0.29) is 18.2 Å². The van der Waals surface area contributed by atoms with Gasteiger partial charge in [-0.1, -0.05) is 6.58 Å². The van der Waals surface area contributed by atoms with Crippen LogP contribution in [0.15, 0.2) is 30.9 Å². The normalized spacial score (nSPS) is 20.6. The number of ether oxygens (including phenoxy) is 2. The summed E-state index contributed by atoms with van der Waals surface area (Å²) in [5, 5.41) is 5.01. The highest BCUT2D eigenvalue weighted by Gasteiger charge is 2.40. The highest BCUT2D eigenvalue weighted by atomic mass is 19.1. The summed E-state index contributed by atoms with van der Waals surface area (Å²) in [5.74, 6) is -1.52. The van der Waals surface area contributed by atoms with Crippen molar-refractivity contribution in [2.75, 3.05) is 31.0 Å². The van der Waals surface area contributed by atoms with Crippen molar-refractivity contribution >= 4 is 23.2 Å². The van der Waals surface area contributed by atoms with Crippen LogP contribution in [0.3, 0.4) is 0 Å². The van der Waals surface area contributed by atoms with Crippen LogP contribution in [0.4, 0.5) is 15.8 Å². The zero-order chi connectivity index (χ0) is 16.9. The number of carbonyl (C=O) groups is 2. The number of hydrogen-bond donors (Lipinski definition) is 2. The number of amides is 2. The fourth-order valence-corrected chi connectivity index (χ4v) is 2.33. The predicted octanol–water partition coefficient (Wildman–Crippen LogP) is 2.08. The van der Waals surface area contributed by atoms with E-state index in [0.717, 1.165) is 12.1 Å². The summed E-state index contributed by atoms with van der Waals surface area (Å²) in [7, 11) is 1.45. The van der Waals surface area contributed by atoms with Crippen LogP contribution in [-0.4, -0.2) is 37.7 Å². The maximum Gasteiger partial charge on any atom is 0.259 e. The summed E-state index contributed by atoms with van der Waals surface area (Å²) in [6.45, 7) is 4.06. The van der Waals surface area contributed by atoms with E-state index in [4.69, 9.17) is 9.47 Å². The largest absolute Gasteiger partial charge is 0.378 e. The molecular weight excluding hydrogens is 303 g/mol. The molecule has 1 saturated heterocycles. The molecule has 1 unspecified atom stereocenters. The van der Waals surface area contributed by atoms with Crippen LogP contribution in [0.1, 0.15) is 12.8 Å². The Bertz CT molecular complexity index is 612. The highest BCUT2D eigenvalue weighted by molar-refractivity contribution is 6.01. The Kier molecular flexibility index (Phi) is 5.46. The molecule has 1 aromatic carbocycles. The van der Waals surface area contributed by atoms with Gasteiger partial charge in [0.25, 0.3) is 5.91 Å². The zero-order valence-electron chi connectivity index (χ0n) is 12.9. The molecule has 23 heavy (non-hydrogen) atoms. The standard InChI is InChI=1S/C16H19FN2O4/c1-3-14(20)19-13-9-11(5-6-12(13)17)18-15(21)16(22-2)7-4-8-23-10-16/h3,5-6,9H,1,4,7-8,10H2,2H3,(H,18,21)(H,19,20). The molecule has 0 saturated carbocycles. The Morgan fingerprint density at radius 1 is 1.43 bits per heavy atom. The summed E-state index contributed by atoms with van der Waals surface area (Å²) >= 11 is 0. The van der Waals surface area contributed by atoms with Gasteiger partial charge < -0.3 is 20.1 Å². The summed E-state index contributed by atoms with van der Waals surface area (Å²) in [6.07, 6.45) is 2.28. The molecule has 1 heterocycles. The first-order valence-electron chi connectivity index (χ1n) is 7.18. The number of nitrogens with one attached hydrogen (secondary N) is 2. The lowest BCUT2D eigenvalue weighted by Crippen LogP contribution is -2.50. The Hall–Kier alpha value is -2.25. The molecule has 1 aromatic rings. The number of benzene rings is 1. The molecule has 2 rings (SSSR count). The minimum Gasteiger partial charge on any atom is -0.378 e. The first-order chi connectivity index (χ1) is 11.0. The van der Waals surface area contributed by atoms with Gasteiger partial charge in [0.1, 0.15) is 5.82 Å². The summed E-state index contributed by atoms with van der Waals surface area (Å²) in [5.41, 5.74) is -0.756. The number of hydrogen-bond acceptors (Lipinski definition) is 4. The van der Waals surface area contributed by atoms with Crippen LogP contribution in [0, 0.1) is 5.82 Å². The molecule has 0 bridgehead atoms. The molecular formula is C16H19FN2O4. The van der Waals surface area contributed by atoms with Crippen LogP contribution in [0.5, 0.6) is 0 Å². The summed E-state index contributed by atoms with van der Waals surface area (Å²) in [6, 6.07) is 3.90. The van der Waals surface area contributed by atoms with Gasteiger partial charge in [-0.05, 0) is 37.1 Å². The smallest absolute Gasteiger partial charge is 0.259 e. The molecule has 1 fully saturated rings. The van der Waals surface area contributed by atoms with Crippen LogP contribution >= 0.6 is 0 Å². The molecule has 0 aromatic heterocycles. The van der Waals surface area contributed by atoms with Gasteiger partial charge in [0.05, 0.1) is 12.3 Å². The fourth-order valence-electron chi connectivity index (χ4n) is 2.33. The molecule has 0 aliphatic carbocycles. The fraction of sp³-hybridized carbons (Fsp3) is 0.375. The minimum atomic E-state index is -1.06. The molecule has 0 spiro atoms. The molecule has 2 N–H and O–H groups in total. The maximum absolute atomic E-state index is 13.7. The van der Waals surface area contributed by atoms with Gasteiger partial charge in [-0.2, -0.15) is 0 Å². The van der Waals surface area contributed by atoms with Gasteiger partial charge in [-0.25, -0.2) is 4.39 Å². The monoisotopic (exact) mass is 322 g/mol. The Balaban J connectivity index is 2.15. The molecule has 1 atom stereocenters.